The summed E-state index contributed by atoms with van der Waals surface area (Å²) < 4.78 is 26.7. The second-order valence-corrected chi connectivity index (χ2v) is 5.46. The van der Waals surface area contributed by atoms with E-state index in [2.05, 4.69) is 6.07 Å². The normalized spacial score (nSPS) is 21.6. The fourth-order valence-corrected chi connectivity index (χ4v) is 3.06. The van der Waals surface area contributed by atoms with Crippen LogP contribution in [-0.2, 0) is 12.8 Å². The molecular weight excluding hydrogens is 256 g/mol. The van der Waals surface area contributed by atoms with Crippen LogP contribution in [0.4, 0.5) is 8.78 Å². The standard InChI is InChI=1S/C17H17F2N/c18-14-8-7-12(16(19)10-14)9-13-6-5-11-3-1-2-4-15(11)17(13)20/h1-4,7-8,10,13,17H,5-6,9,20H2. The van der Waals surface area contributed by atoms with Crippen LogP contribution in [0.3, 0.4) is 0 Å². The molecule has 20 heavy (non-hydrogen) atoms. The maximum atomic E-state index is 13.7. The lowest BCUT2D eigenvalue weighted by Gasteiger charge is -2.31. The van der Waals surface area contributed by atoms with Gasteiger partial charge in [-0.2, -0.15) is 0 Å². The third-order valence-electron chi connectivity index (χ3n) is 4.20. The van der Waals surface area contributed by atoms with Gasteiger partial charge in [-0.15, -0.1) is 0 Å². The minimum Gasteiger partial charge on any atom is -0.324 e. The van der Waals surface area contributed by atoms with Gasteiger partial charge in [0.1, 0.15) is 11.6 Å². The zero-order chi connectivity index (χ0) is 14.1. The Morgan fingerprint density at radius 3 is 2.70 bits per heavy atom. The number of benzene rings is 2. The van der Waals surface area contributed by atoms with Crippen LogP contribution in [0.1, 0.15) is 29.2 Å². The first-order chi connectivity index (χ1) is 9.65. The summed E-state index contributed by atoms with van der Waals surface area (Å²) in [6, 6.07) is 11.8. The molecule has 0 aromatic heterocycles. The van der Waals surface area contributed by atoms with Crippen molar-refractivity contribution in [1.29, 1.82) is 0 Å². The number of rotatable bonds is 2. The zero-order valence-corrected chi connectivity index (χ0v) is 11.2. The Kier molecular flexibility index (Phi) is 3.53. The highest BCUT2D eigenvalue weighted by Gasteiger charge is 2.27. The van der Waals surface area contributed by atoms with Crippen molar-refractivity contribution >= 4 is 0 Å². The van der Waals surface area contributed by atoms with E-state index in [0.29, 0.717) is 12.0 Å². The summed E-state index contributed by atoms with van der Waals surface area (Å²) in [4.78, 5) is 0. The Morgan fingerprint density at radius 1 is 1.10 bits per heavy atom. The van der Waals surface area contributed by atoms with Gasteiger partial charge in [-0.05, 0) is 47.9 Å². The Bertz CT molecular complexity index is 624. The molecule has 2 unspecified atom stereocenters. The van der Waals surface area contributed by atoms with E-state index in [0.717, 1.165) is 24.5 Å². The number of fused-ring (bicyclic) bond motifs is 1. The van der Waals surface area contributed by atoms with Crippen molar-refractivity contribution in [2.24, 2.45) is 11.7 Å². The second-order valence-electron chi connectivity index (χ2n) is 5.46. The van der Waals surface area contributed by atoms with Crippen LogP contribution in [0.15, 0.2) is 42.5 Å². The first-order valence-corrected chi connectivity index (χ1v) is 6.92. The smallest absolute Gasteiger partial charge is 0.129 e. The average Bonchev–Trinajstić information content (AvgIpc) is 2.45. The van der Waals surface area contributed by atoms with Crippen LogP contribution >= 0.6 is 0 Å². The number of hydrogen-bond acceptors (Lipinski definition) is 1. The van der Waals surface area contributed by atoms with Crippen molar-refractivity contribution < 1.29 is 8.78 Å². The third kappa shape index (κ3) is 2.46. The van der Waals surface area contributed by atoms with Gasteiger partial charge in [0.05, 0.1) is 0 Å². The van der Waals surface area contributed by atoms with Gasteiger partial charge in [0.25, 0.3) is 0 Å². The van der Waals surface area contributed by atoms with Gasteiger partial charge >= 0.3 is 0 Å². The van der Waals surface area contributed by atoms with Crippen molar-refractivity contribution in [3.8, 4) is 0 Å². The first-order valence-electron chi connectivity index (χ1n) is 6.92. The number of halogens is 2. The van der Waals surface area contributed by atoms with Gasteiger partial charge in [0.15, 0.2) is 0 Å². The number of hydrogen-bond donors (Lipinski definition) is 1. The van der Waals surface area contributed by atoms with Crippen LogP contribution in [-0.4, -0.2) is 0 Å². The Morgan fingerprint density at radius 2 is 1.90 bits per heavy atom. The molecule has 0 heterocycles. The quantitative estimate of drug-likeness (QED) is 0.885. The fraction of sp³-hybridized carbons (Fsp3) is 0.294. The summed E-state index contributed by atoms with van der Waals surface area (Å²) in [5, 5.41) is 0. The summed E-state index contributed by atoms with van der Waals surface area (Å²) in [7, 11) is 0. The summed E-state index contributed by atoms with van der Waals surface area (Å²) >= 11 is 0. The minimum atomic E-state index is -0.537. The predicted molar refractivity (Wildman–Crippen MR) is 75.2 cm³/mol. The van der Waals surface area contributed by atoms with E-state index in [-0.39, 0.29) is 12.0 Å². The lowest BCUT2D eigenvalue weighted by atomic mass is 9.77. The molecule has 0 radical (unpaired) electrons. The molecule has 104 valence electrons. The highest BCUT2D eigenvalue weighted by atomic mass is 19.1. The molecule has 0 saturated heterocycles. The summed E-state index contributed by atoms with van der Waals surface area (Å²) in [6.07, 6.45) is 2.47. The molecule has 1 aliphatic carbocycles. The van der Waals surface area contributed by atoms with Crippen molar-refractivity contribution in [1.82, 2.24) is 0 Å². The van der Waals surface area contributed by atoms with E-state index in [4.69, 9.17) is 5.73 Å². The SMILES string of the molecule is NC1c2ccccc2CCC1Cc1ccc(F)cc1F. The van der Waals surface area contributed by atoms with Gasteiger partial charge in [0, 0.05) is 12.1 Å². The van der Waals surface area contributed by atoms with E-state index in [1.54, 1.807) is 0 Å². The largest absolute Gasteiger partial charge is 0.324 e. The van der Waals surface area contributed by atoms with Crippen molar-refractivity contribution in [2.45, 2.75) is 25.3 Å². The second kappa shape index (κ2) is 5.33. The van der Waals surface area contributed by atoms with E-state index in [1.807, 2.05) is 18.2 Å². The molecule has 2 N–H and O–H groups in total. The molecule has 3 heteroatoms. The van der Waals surface area contributed by atoms with E-state index in [1.165, 1.54) is 17.7 Å². The molecule has 3 rings (SSSR count). The zero-order valence-electron chi connectivity index (χ0n) is 11.2. The van der Waals surface area contributed by atoms with Crippen LogP contribution in [0, 0.1) is 17.6 Å². The van der Waals surface area contributed by atoms with E-state index < -0.39 is 11.6 Å². The highest BCUT2D eigenvalue weighted by Crippen LogP contribution is 2.35. The molecule has 0 aliphatic heterocycles. The monoisotopic (exact) mass is 273 g/mol. The van der Waals surface area contributed by atoms with Gasteiger partial charge in [0.2, 0.25) is 0 Å². The van der Waals surface area contributed by atoms with E-state index >= 15 is 0 Å². The van der Waals surface area contributed by atoms with Crippen LogP contribution in [0.25, 0.3) is 0 Å². The summed E-state index contributed by atoms with van der Waals surface area (Å²) in [6.45, 7) is 0. The molecule has 1 nitrogen and oxygen atoms in total. The van der Waals surface area contributed by atoms with Crippen LogP contribution in [0.5, 0.6) is 0 Å². The summed E-state index contributed by atoms with van der Waals surface area (Å²) in [5.41, 5.74) is 9.32. The van der Waals surface area contributed by atoms with Crippen molar-refractivity contribution in [2.75, 3.05) is 0 Å². The first kappa shape index (κ1) is 13.3. The van der Waals surface area contributed by atoms with Gasteiger partial charge in [-0.1, -0.05) is 30.3 Å². The lowest BCUT2D eigenvalue weighted by Crippen LogP contribution is -2.29. The Balaban J connectivity index is 1.83. The van der Waals surface area contributed by atoms with Crippen molar-refractivity contribution in [3.63, 3.8) is 0 Å². The average molecular weight is 273 g/mol. The molecule has 0 amide bonds. The van der Waals surface area contributed by atoms with Gasteiger partial charge in [-0.3, -0.25) is 0 Å². The highest BCUT2D eigenvalue weighted by molar-refractivity contribution is 5.33. The molecule has 2 atom stereocenters. The Labute approximate surface area is 117 Å². The molecular formula is C17H17F2N. The summed E-state index contributed by atoms with van der Waals surface area (Å²) in [5.74, 6) is -0.814. The molecule has 0 spiro atoms. The van der Waals surface area contributed by atoms with Gasteiger partial charge in [-0.25, -0.2) is 8.78 Å². The third-order valence-corrected chi connectivity index (χ3v) is 4.20. The van der Waals surface area contributed by atoms with Crippen molar-refractivity contribution in [3.05, 3.63) is 70.8 Å². The number of nitrogens with two attached hydrogens (primary N) is 1. The lowest BCUT2D eigenvalue weighted by molar-refractivity contribution is 0.371. The number of aryl methyl sites for hydroxylation is 1. The molecule has 2 aromatic carbocycles. The maximum absolute atomic E-state index is 13.7. The van der Waals surface area contributed by atoms with E-state index in [9.17, 15) is 8.78 Å². The minimum absolute atomic E-state index is 0.0793. The molecule has 0 bridgehead atoms. The molecule has 0 saturated carbocycles. The molecule has 0 fully saturated rings. The molecule has 2 aromatic rings. The van der Waals surface area contributed by atoms with Crippen LogP contribution < -0.4 is 5.73 Å². The van der Waals surface area contributed by atoms with Gasteiger partial charge < -0.3 is 5.73 Å². The Hall–Kier alpha value is -1.74. The predicted octanol–water partition coefficient (Wildman–Crippen LogP) is 3.77. The maximum Gasteiger partial charge on any atom is 0.129 e. The fourth-order valence-electron chi connectivity index (χ4n) is 3.06. The topological polar surface area (TPSA) is 26.0 Å². The molecule has 1 aliphatic rings. The van der Waals surface area contributed by atoms with Crippen LogP contribution in [0.2, 0.25) is 0 Å².